The van der Waals surface area contributed by atoms with Crippen LogP contribution in [0.4, 0.5) is 8.78 Å². The second-order valence-electron chi connectivity index (χ2n) is 10.3. The van der Waals surface area contributed by atoms with Gasteiger partial charge in [0, 0.05) is 48.5 Å². The lowest BCUT2D eigenvalue weighted by Gasteiger charge is -2.27. The highest BCUT2D eigenvalue weighted by atomic mass is 32.1. The maximum Gasteiger partial charge on any atom is 0.223 e. The van der Waals surface area contributed by atoms with Gasteiger partial charge in [0.05, 0.1) is 12.1 Å². The van der Waals surface area contributed by atoms with Crippen molar-refractivity contribution in [3.8, 4) is 0 Å². The van der Waals surface area contributed by atoms with Gasteiger partial charge in [-0.15, -0.1) is 22.7 Å². The van der Waals surface area contributed by atoms with Crippen molar-refractivity contribution in [2.45, 2.75) is 49.1 Å². The van der Waals surface area contributed by atoms with Crippen LogP contribution in [0, 0.1) is 0 Å². The third kappa shape index (κ3) is 5.74. The first-order chi connectivity index (χ1) is 19.4. The molecule has 2 amide bonds. The smallest absolute Gasteiger partial charge is 0.223 e. The minimum absolute atomic E-state index is 0.0167. The molecule has 208 valence electrons. The summed E-state index contributed by atoms with van der Waals surface area (Å²) in [4.78, 5) is 28.5. The number of thiophene rings is 2. The minimum Gasteiger partial charge on any atom is -0.339 e. The maximum atomic E-state index is 14.8. The van der Waals surface area contributed by atoms with Crippen molar-refractivity contribution in [3.05, 3.63) is 117 Å². The van der Waals surface area contributed by atoms with Gasteiger partial charge in [0.25, 0.3) is 0 Å². The molecule has 0 bridgehead atoms. The Balaban J connectivity index is 0.000000161. The second-order valence-corrected chi connectivity index (χ2v) is 12.2. The normalized spacial score (nSPS) is 24.1. The molecular formula is C32H32F2N2O2S2. The molecule has 4 nitrogen and oxygen atoms in total. The van der Waals surface area contributed by atoms with Crippen LogP contribution in [0.15, 0.2) is 95.7 Å². The van der Waals surface area contributed by atoms with Crippen molar-refractivity contribution in [3.63, 3.8) is 0 Å². The van der Waals surface area contributed by atoms with Crippen LogP contribution in [0.1, 0.15) is 57.9 Å². The lowest BCUT2D eigenvalue weighted by atomic mass is 9.89. The fourth-order valence-corrected chi connectivity index (χ4v) is 7.32. The van der Waals surface area contributed by atoms with Gasteiger partial charge in [-0.2, -0.15) is 0 Å². The van der Waals surface area contributed by atoms with E-state index in [1.165, 1.54) is 22.7 Å². The molecule has 4 heterocycles. The molecule has 0 radical (unpaired) electrons. The number of likely N-dealkylation sites (N-methyl/N-ethyl adjacent to an activating group) is 2. The molecule has 0 unspecified atom stereocenters. The molecule has 40 heavy (non-hydrogen) atoms. The number of carbonyl (C=O) groups excluding carboxylic acids is 2. The van der Waals surface area contributed by atoms with Gasteiger partial charge in [-0.05, 0) is 34.0 Å². The Labute approximate surface area is 241 Å². The summed E-state index contributed by atoms with van der Waals surface area (Å²) in [6.45, 7) is 0. The number of rotatable bonds is 6. The van der Waals surface area contributed by atoms with Gasteiger partial charge >= 0.3 is 0 Å². The fraction of sp³-hybridized carbons (Fsp3) is 0.312. The first kappa shape index (κ1) is 28.2. The number of alkyl halides is 2. The Morgan fingerprint density at radius 2 is 1.00 bits per heavy atom. The summed E-state index contributed by atoms with van der Waals surface area (Å²) in [5, 5.41) is 3.74. The summed E-state index contributed by atoms with van der Waals surface area (Å²) >= 11 is 2.81. The molecule has 6 atom stereocenters. The molecule has 0 N–H and O–H groups in total. The van der Waals surface area contributed by atoms with Gasteiger partial charge in [-0.1, -0.05) is 72.8 Å². The largest absolute Gasteiger partial charge is 0.339 e. The summed E-state index contributed by atoms with van der Waals surface area (Å²) in [5.74, 6) is -0.122. The molecule has 2 aromatic heterocycles. The Hall–Kier alpha value is -3.36. The van der Waals surface area contributed by atoms with E-state index in [1.54, 1.807) is 36.0 Å². The number of nitrogens with zero attached hydrogens (tertiary/aromatic N) is 2. The molecule has 8 heteroatoms. The standard InChI is InChI=1S/2C16H16FNOS/c2*1-18-14(19)10-12(11-6-3-2-4-7-11)16(18)15(17)13-8-5-9-20-13/h2*2-9,12,15-16H,10H2,1H3/t12-,15+,16-;12-,15-,16-/m11/s1. The monoisotopic (exact) mass is 578 g/mol. The Bertz CT molecular complexity index is 1280. The number of hydrogen-bond donors (Lipinski definition) is 0. The molecule has 2 fully saturated rings. The number of halogens is 2. The maximum absolute atomic E-state index is 14.8. The van der Waals surface area contributed by atoms with E-state index in [1.807, 2.05) is 83.6 Å². The van der Waals surface area contributed by atoms with Crippen LogP contribution in [0.5, 0.6) is 0 Å². The average Bonchev–Trinajstić information content (AvgIpc) is 3.79. The van der Waals surface area contributed by atoms with E-state index in [0.29, 0.717) is 22.6 Å². The topological polar surface area (TPSA) is 40.6 Å². The fourth-order valence-electron chi connectivity index (χ4n) is 5.84. The lowest BCUT2D eigenvalue weighted by Crippen LogP contribution is -2.34. The summed E-state index contributed by atoms with van der Waals surface area (Å²) in [6.07, 6.45) is -1.48. The number of amides is 2. The zero-order valence-electron chi connectivity index (χ0n) is 22.4. The molecule has 0 spiro atoms. The van der Waals surface area contributed by atoms with Gasteiger partial charge in [0.2, 0.25) is 11.8 Å². The van der Waals surface area contributed by atoms with Gasteiger partial charge in [0.15, 0.2) is 12.3 Å². The SMILES string of the molecule is CN1C(=O)C[C@H](c2ccccc2)[C@@H]1[C@@H](F)c1cccs1.CN1C(=O)C[C@H](c2ccccc2)[C@@H]1[C@H](F)c1cccs1. The van der Waals surface area contributed by atoms with Crippen molar-refractivity contribution in [2.24, 2.45) is 0 Å². The Kier molecular flexibility index (Phi) is 8.76. The highest BCUT2D eigenvalue weighted by molar-refractivity contribution is 7.10. The van der Waals surface area contributed by atoms with Gasteiger partial charge in [0.1, 0.15) is 0 Å². The second kappa shape index (κ2) is 12.4. The number of benzene rings is 2. The van der Waals surface area contributed by atoms with Crippen LogP contribution in [0.2, 0.25) is 0 Å². The third-order valence-corrected chi connectivity index (χ3v) is 9.83. The highest BCUT2D eigenvalue weighted by Gasteiger charge is 2.45. The zero-order chi connectivity index (χ0) is 28.2. The predicted octanol–water partition coefficient (Wildman–Crippen LogP) is 7.55. The predicted molar refractivity (Wildman–Crippen MR) is 157 cm³/mol. The molecule has 0 saturated carbocycles. The molecule has 2 saturated heterocycles. The van der Waals surface area contributed by atoms with Gasteiger partial charge < -0.3 is 9.80 Å². The third-order valence-electron chi connectivity index (χ3n) is 7.98. The molecule has 2 aliphatic heterocycles. The first-order valence-corrected chi connectivity index (χ1v) is 15.1. The van der Waals surface area contributed by atoms with E-state index in [9.17, 15) is 18.4 Å². The van der Waals surface area contributed by atoms with E-state index >= 15 is 0 Å². The van der Waals surface area contributed by atoms with Crippen LogP contribution in [-0.4, -0.2) is 47.8 Å². The van der Waals surface area contributed by atoms with E-state index in [-0.39, 0.29) is 23.7 Å². The van der Waals surface area contributed by atoms with Crippen LogP contribution in [0.25, 0.3) is 0 Å². The van der Waals surface area contributed by atoms with Crippen molar-refractivity contribution in [2.75, 3.05) is 14.1 Å². The highest BCUT2D eigenvalue weighted by Crippen LogP contribution is 2.44. The van der Waals surface area contributed by atoms with Crippen LogP contribution in [-0.2, 0) is 9.59 Å². The summed E-state index contributed by atoms with van der Waals surface area (Å²) in [7, 11) is 3.41. The molecule has 6 rings (SSSR count). The van der Waals surface area contributed by atoms with Crippen molar-refractivity contribution in [1.82, 2.24) is 9.80 Å². The summed E-state index contributed by atoms with van der Waals surface area (Å²) in [5.41, 5.74) is 2.07. The molecular weight excluding hydrogens is 546 g/mol. The quantitative estimate of drug-likeness (QED) is 0.237. The van der Waals surface area contributed by atoms with Crippen molar-refractivity contribution >= 4 is 34.5 Å². The average molecular weight is 579 g/mol. The first-order valence-electron chi connectivity index (χ1n) is 13.3. The molecule has 2 aromatic carbocycles. The summed E-state index contributed by atoms with van der Waals surface area (Å²) < 4.78 is 29.7. The molecule has 0 aliphatic carbocycles. The summed E-state index contributed by atoms with van der Waals surface area (Å²) in [6, 6.07) is 26.0. The number of likely N-dealkylation sites (tertiary alicyclic amines) is 2. The Morgan fingerprint density at radius 1 is 0.625 bits per heavy atom. The van der Waals surface area contributed by atoms with Gasteiger partial charge in [-0.3, -0.25) is 9.59 Å². The minimum atomic E-state index is -1.13. The van der Waals surface area contributed by atoms with Crippen molar-refractivity contribution in [1.29, 1.82) is 0 Å². The van der Waals surface area contributed by atoms with E-state index in [4.69, 9.17) is 0 Å². The van der Waals surface area contributed by atoms with Crippen molar-refractivity contribution < 1.29 is 18.4 Å². The van der Waals surface area contributed by atoms with Gasteiger partial charge in [-0.25, -0.2) is 8.78 Å². The molecule has 2 aliphatic rings. The van der Waals surface area contributed by atoms with Crippen LogP contribution in [0.3, 0.4) is 0 Å². The Morgan fingerprint density at radius 3 is 1.32 bits per heavy atom. The molecule has 4 aromatic rings. The lowest BCUT2D eigenvalue weighted by molar-refractivity contribution is -0.129. The van der Waals surface area contributed by atoms with Crippen LogP contribution >= 0.6 is 22.7 Å². The van der Waals surface area contributed by atoms with Crippen LogP contribution < -0.4 is 0 Å². The number of carbonyl (C=O) groups is 2. The van der Waals surface area contributed by atoms with E-state index < -0.39 is 24.4 Å². The van der Waals surface area contributed by atoms with E-state index in [2.05, 4.69) is 0 Å². The zero-order valence-corrected chi connectivity index (χ0v) is 24.0. The number of hydrogen-bond acceptors (Lipinski definition) is 4. The van der Waals surface area contributed by atoms with E-state index in [0.717, 1.165) is 11.1 Å².